The predicted molar refractivity (Wildman–Crippen MR) is 115 cm³/mol. The van der Waals surface area contributed by atoms with Gasteiger partial charge in [-0.3, -0.25) is 0 Å². The number of nitrogens with one attached hydrogen (secondary N) is 1. The zero-order chi connectivity index (χ0) is 19.8. The number of benzene rings is 2. The monoisotopic (exact) mass is 385 g/mol. The van der Waals surface area contributed by atoms with Gasteiger partial charge in [-0.25, -0.2) is 4.98 Å². The van der Waals surface area contributed by atoms with E-state index in [2.05, 4.69) is 51.1 Å². The summed E-state index contributed by atoms with van der Waals surface area (Å²) in [5.41, 5.74) is 5.49. The molecule has 1 N–H and O–H groups in total. The summed E-state index contributed by atoms with van der Waals surface area (Å²) >= 11 is 0. The number of aromatic nitrogens is 3. The van der Waals surface area contributed by atoms with E-state index in [0.29, 0.717) is 5.95 Å². The van der Waals surface area contributed by atoms with Gasteiger partial charge in [0.2, 0.25) is 5.95 Å². The Hall–Kier alpha value is -3.38. The van der Waals surface area contributed by atoms with Crippen LogP contribution in [0.2, 0.25) is 0 Å². The molecule has 1 aliphatic rings. The molecule has 4 aromatic rings. The smallest absolute Gasteiger partial charge is 0.229 e. The Kier molecular flexibility index (Phi) is 4.41. The Morgan fingerprint density at radius 3 is 2.76 bits per heavy atom. The van der Waals surface area contributed by atoms with Crippen LogP contribution in [0.4, 0.5) is 11.6 Å². The third-order valence-electron chi connectivity index (χ3n) is 5.43. The van der Waals surface area contributed by atoms with Gasteiger partial charge < -0.3 is 19.5 Å². The fraction of sp³-hybridized carbons (Fsp3) is 0.217. The quantitative estimate of drug-likeness (QED) is 0.572. The number of anilines is 2. The molecule has 6 nitrogen and oxygen atoms in total. The largest absolute Gasteiger partial charge is 0.495 e. The number of rotatable bonds is 4. The normalized spacial score (nSPS) is 14.0. The van der Waals surface area contributed by atoms with Gasteiger partial charge in [0.05, 0.1) is 12.8 Å². The van der Waals surface area contributed by atoms with E-state index >= 15 is 0 Å². The molecule has 146 valence electrons. The van der Waals surface area contributed by atoms with Crippen LogP contribution in [0.15, 0.2) is 60.9 Å². The summed E-state index contributed by atoms with van der Waals surface area (Å²) < 4.78 is 7.71. The molecule has 6 heteroatoms. The molecule has 0 unspecified atom stereocenters. The average molecular weight is 385 g/mol. The Morgan fingerprint density at radius 1 is 1.07 bits per heavy atom. The second kappa shape index (κ2) is 7.22. The first kappa shape index (κ1) is 17.7. The minimum atomic E-state index is 0.552. The number of hydrogen-bond acceptors (Lipinski definition) is 5. The first-order valence-corrected chi connectivity index (χ1v) is 9.76. The molecule has 0 fully saturated rings. The molecule has 0 saturated heterocycles. The second-order valence-corrected chi connectivity index (χ2v) is 7.43. The molecule has 0 radical (unpaired) electrons. The van der Waals surface area contributed by atoms with Crippen LogP contribution in [0.1, 0.15) is 11.1 Å². The lowest BCUT2D eigenvalue weighted by atomic mass is 9.99. The Morgan fingerprint density at radius 2 is 1.93 bits per heavy atom. The van der Waals surface area contributed by atoms with Crippen LogP contribution in [0.3, 0.4) is 0 Å². The van der Waals surface area contributed by atoms with Crippen molar-refractivity contribution in [3.05, 3.63) is 72.1 Å². The van der Waals surface area contributed by atoms with Crippen LogP contribution < -0.4 is 10.1 Å². The van der Waals surface area contributed by atoms with E-state index in [9.17, 15) is 0 Å². The summed E-state index contributed by atoms with van der Waals surface area (Å²) in [6.45, 7) is 2.00. The lowest BCUT2D eigenvalue weighted by molar-refractivity contribution is 0.312. The van der Waals surface area contributed by atoms with Gasteiger partial charge in [0, 0.05) is 36.6 Å². The highest BCUT2D eigenvalue weighted by molar-refractivity contribution is 5.79. The van der Waals surface area contributed by atoms with Crippen molar-refractivity contribution >= 4 is 22.7 Å². The highest BCUT2D eigenvalue weighted by Gasteiger charge is 2.17. The van der Waals surface area contributed by atoms with Crippen LogP contribution in [0, 0.1) is 0 Å². The van der Waals surface area contributed by atoms with Gasteiger partial charge in [-0.2, -0.15) is 4.98 Å². The van der Waals surface area contributed by atoms with Gasteiger partial charge >= 0.3 is 0 Å². The van der Waals surface area contributed by atoms with Gasteiger partial charge in [-0.1, -0.05) is 18.2 Å². The first-order chi connectivity index (χ1) is 14.2. The summed E-state index contributed by atoms with van der Waals surface area (Å²) in [4.78, 5) is 11.6. The summed E-state index contributed by atoms with van der Waals surface area (Å²) in [6.07, 6.45) is 4.91. The van der Waals surface area contributed by atoms with E-state index in [-0.39, 0.29) is 0 Å². The van der Waals surface area contributed by atoms with Crippen LogP contribution in [-0.4, -0.2) is 40.1 Å². The van der Waals surface area contributed by atoms with Gasteiger partial charge in [-0.05, 0) is 54.9 Å². The molecular formula is C23H23N5O. The van der Waals surface area contributed by atoms with Crippen LogP contribution in [-0.2, 0) is 13.0 Å². The Bertz CT molecular complexity index is 1170. The summed E-state index contributed by atoms with van der Waals surface area (Å²) in [6, 6.07) is 16.5. The molecular weight excluding hydrogens is 362 g/mol. The maximum atomic E-state index is 5.64. The summed E-state index contributed by atoms with van der Waals surface area (Å²) in [5, 5.41) is 4.37. The van der Waals surface area contributed by atoms with Crippen molar-refractivity contribution in [2.24, 2.45) is 0 Å². The summed E-state index contributed by atoms with van der Waals surface area (Å²) in [5.74, 6) is 1.37. The predicted octanol–water partition coefficient (Wildman–Crippen LogP) is 4.16. The highest BCUT2D eigenvalue weighted by Crippen LogP contribution is 2.33. The summed E-state index contributed by atoms with van der Waals surface area (Å²) in [7, 11) is 3.85. The zero-order valence-corrected chi connectivity index (χ0v) is 16.6. The van der Waals surface area contributed by atoms with E-state index in [4.69, 9.17) is 9.72 Å². The molecule has 2 aromatic carbocycles. The van der Waals surface area contributed by atoms with Gasteiger partial charge in [0.15, 0.2) is 0 Å². The molecule has 5 rings (SSSR count). The number of fused-ring (bicyclic) bond motifs is 2. The molecule has 3 heterocycles. The van der Waals surface area contributed by atoms with Crippen molar-refractivity contribution < 1.29 is 4.74 Å². The third-order valence-corrected chi connectivity index (χ3v) is 5.43. The number of para-hydroxylation sites is 1. The van der Waals surface area contributed by atoms with E-state index < -0.39 is 0 Å². The Labute approximate surface area is 169 Å². The SMILES string of the molecule is COc1cc2c(cc1Nc1ncc3ccn(-c4ccccc4)c3n1)CN(C)CC2. The molecule has 0 bridgehead atoms. The number of ether oxygens (including phenoxy) is 1. The van der Waals surface area contributed by atoms with Crippen molar-refractivity contribution in [3.63, 3.8) is 0 Å². The van der Waals surface area contributed by atoms with E-state index in [1.165, 1.54) is 11.1 Å². The minimum Gasteiger partial charge on any atom is -0.495 e. The number of likely N-dealkylation sites (N-methyl/N-ethyl adjacent to an activating group) is 1. The molecule has 0 spiro atoms. The standard InChI is InChI=1S/C23H23N5O/c1-27-10-8-16-13-21(29-2)20(12-18(16)15-27)25-23-24-14-17-9-11-28(22(17)26-23)19-6-4-3-5-7-19/h3-7,9,11-14H,8,10,15H2,1-2H3,(H,24,25,26). The third kappa shape index (κ3) is 3.32. The molecule has 0 amide bonds. The van der Waals surface area contributed by atoms with E-state index in [0.717, 1.165) is 47.7 Å². The van der Waals surface area contributed by atoms with Gasteiger partial charge in [0.1, 0.15) is 11.4 Å². The topological polar surface area (TPSA) is 55.2 Å². The van der Waals surface area contributed by atoms with Crippen LogP contribution in [0.5, 0.6) is 5.75 Å². The second-order valence-electron chi connectivity index (χ2n) is 7.43. The molecule has 29 heavy (non-hydrogen) atoms. The maximum absolute atomic E-state index is 5.64. The fourth-order valence-electron chi connectivity index (χ4n) is 3.89. The fourth-order valence-corrected chi connectivity index (χ4v) is 3.89. The van der Waals surface area contributed by atoms with Crippen LogP contribution >= 0.6 is 0 Å². The number of nitrogens with zero attached hydrogens (tertiary/aromatic N) is 4. The number of methoxy groups -OCH3 is 1. The highest BCUT2D eigenvalue weighted by atomic mass is 16.5. The van der Waals surface area contributed by atoms with Gasteiger partial charge in [0.25, 0.3) is 0 Å². The van der Waals surface area contributed by atoms with E-state index in [1.54, 1.807) is 7.11 Å². The molecule has 0 aliphatic carbocycles. The Balaban J connectivity index is 1.53. The zero-order valence-electron chi connectivity index (χ0n) is 16.6. The van der Waals surface area contributed by atoms with Crippen LogP contribution in [0.25, 0.3) is 16.7 Å². The molecule has 1 aliphatic heterocycles. The minimum absolute atomic E-state index is 0.552. The lowest BCUT2D eigenvalue weighted by Crippen LogP contribution is -2.26. The van der Waals surface area contributed by atoms with Crippen molar-refractivity contribution in [2.45, 2.75) is 13.0 Å². The molecule has 0 atom stereocenters. The lowest BCUT2D eigenvalue weighted by Gasteiger charge is -2.26. The number of hydrogen-bond donors (Lipinski definition) is 1. The van der Waals surface area contributed by atoms with Crippen molar-refractivity contribution in [2.75, 3.05) is 26.0 Å². The van der Waals surface area contributed by atoms with Crippen molar-refractivity contribution in [3.8, 4) is 11.4 Å². The molecule has 0 saturated carbocycles. The first-order valence-electron chi connectivity index (χ1n) is 9.76. The average Bonchev–Trinajstić information content (AvgIpc) is 3.17. The van der Waals surface area contributed by atoms with Gasteiger partial charge in [-0.15, -0.1) is 0 Å². The van der Waals surface area contributed by atoms with Crippen molar-refractivity contribution in [1.29, 1.82) is 0 Å². The molecule has 2 aromatic heterocycles. The maximum Gasteiger partial charge on any atom is 0.229 e. The van der Waals surface area contributed by atoms with E-state index in [1.807, 2.05) is 36.7 Å². The van der Waals surface area contributed by atoms with Crippen molar-refractivity contribution in [1.82, 2.24) is 19.4 Å².